The molecule has 1 aliphatic carbocycles. The summed E-state index contributed by atoms with van der Waals surface area (Å²) < 4.78 is 25.4. The Labute approximate surface area is 134 Å². The molecule has 0 spiro atoms. The summed E-state index contributed by atoms with van der Waals surface area (Å²) in [7, 11) is 0. The number of halogens is 1. The number of rotatable bonds is 4. The van der Waals surface area contributed by atoms with Crippen LogP contribution in [-0.2, 0) is 33.7 Å². The van der Waals surface area contributed by atoms with Crippen LogP contribution in [0.3, 0.4) is 0 Å². The number of nitrogens with zero attached hydrogens (tertiary/aromatic N) is 2. The molecule has 1 unspecified atom stereocenters. The normalized spacial score (nSPS) is 17.5. The molecule has 23 heavy (non-hydrogen) atoms. The van der Waals surface area contributed by atoms with Gasteiger partial charge in [-0.15, -0.1) is 0 Å². The molecule has 1 atom stereocenters. The van der Waals surface area contributed by atoms with Gasteiger partial charge in [0.2, 0.25) is 0 Å². The van der Waals surface area contributed by atoms with Crippen LogP contribution in [0.5, 0.6) is 0 Å². The summed E-state index contributed by atoms with van der Waals surface area (Å²) in [6.07, 6.45) is -0.0893. The van der Waals surface area contributed by atoms with E-state index >= 15 is 0 Å². The van der Waals surface area contributed by atoms with E-state index in [0.29, 0.717) is 24.1 Å². The highest BCUT2D eigenvalue weighted by atomic mass is 19.1. The van der Waals surface area contributed by atoms with Crippen molar-refractivity contribution in [2.24, 2.45) is 0 Å². The number of alkyl halides is 1. The molecule has 0 radical (unpaired) electrons. The smallest absolute Gasteiger partial charge is 0.359 e. The number of hydrogen-bond donors (Lipinski definition) is 0. The lowest BCUT2D eigenvalue weighted by Gasteiger charge is -2.20. The maximum absolute atomic E-state index is 13.7. The second-order valence-electron chi connectivity index (χ2n) is 6.58. The molecule has 0 saturated heterocycles. The first-order valence-corrected chi connectivity index (χ1v) is 7.83. The summed E-state index contributed by atoms with van der Waals surface area (Å²) in [6, 6.07) is 0. The Kier molecular flexibility index (Phi) is 5.06. The molecule has 0 aliphatic heterocycles. The molecular weight excluding hydrogens is 303 g/mol. The summed E-state index contributed by atoms with van der Waals surface area (Å²) in [5, 5.41) is 4.19. The molecule has 1 aromatic rings. The van der Waals surface area contributed by atoms with Crippen molar-refractivity contribution in [3.8, 4) is 0 Å². The van der Waals surface area contributed by atoms with Gasteiger partial charge in [-0.25, -0.2) is 9.18 Å². The minimum absolute atomic E-state index is 0.101. The predicted octanol–water partition coefficient (Wildman–Crippen LogP) is 2.23. The van der Waals surface area contributed by atoms with Crippen LogP contribution in [0.1, 0.15) is 55.9 Å². The molecule has 7 heteroatoms. The van der Waals surface area contributed by atoms with E-state index in [1.807, 2.05) is 0 Å². The van der Waals surface area contributed by atoms with E-state index < -0.39 is 23.7 Å². The van der Waals surface area contributed by atoms with Crippen LogP contribution in [-0.4, -0.2) is 40.1 Å². The van der Waals surface area contributed by atoms with Crippen LogP contribution in [0.2, 0.25) is 0 Å². The molecule has 0 aromatic carbocycles. The van der Waals surface area contributed by atoms with E-state index in [4.69, 9.17) is 9.47 Å². The van der Waals surface area contributed by atoms with Crippen LogP contribution in [0, 0.1) is 0 Å². The summed E-state index contributed by atoms with van der Waals surface area (Å²) in [4.78, 5) is 24.0. The van der Waals surface area contributed by atoms with Gasteiger partial charge in [0, 0.05) is 17.7 Å². The average molecular weight is 326 g/mol. The Morgan fingerprint density at radius 3 is 2.70 bits per heavy atom. The van der Waals surface area contributed by atoms with Gasteiger partial charge >= 0.3 is 11.9 Å². The number of fused-ring (bicyclic) bond motifs is 1. The predicted molar refractivity (Wildman–Crippen MR) is 80.9 cm³/mol. The van der Waals surface area contributed by atoms with Crippen molar-refractivity contribution in [3.05, 3.63) is 17.0 Å². The third-order valence-corrected chi connectivity index (χ3v) is 3.45. The van der Waals surface area contributed by atoms with Crippen molar-refractivity contribution in [1.29, 1.82) is 0 Å². The van der Waals surface area contributed by atoms with E-state index in [-0.39, 0.29) is 25.3 Å². The van der Waals surface area contributed by atoms with Crippen molar-refractivity contribution >= 4 is 11.9 Å². The molecule has 0 saturated carbocycles. The highest BCUT2D eigenvalue weighted by Gasteiger charge is 2.30. The summed E-state index contributed by atoms with van der Waals surface area (Å²) in [5.41, 5.74) is 0.768. The van der Waals surface area contributed by atoms with Gasteiger partial charge in [-0.3, -0.25) is 9.48 Å². The van der Waals surface area contributed by atoms with Gasteiger partial charge in [0.1, 0.15) is 18.3 Å². The maximum Gasteiger partial charge on any atom is 0.359 e. The zero-order chi connectivity index (χ0) is 17.2. The molecule has 0 N–H and O–H groups in total. The van der Waals surface area contributed by atoms with E-state index in [1.165, 1.54) is 4.68 Å². The van der Waals surface area contributed by atoms with Crippen molar-refractivity contribution < 1.29 is 23.5 Å². The van der Waals surface area contributed by atoms with Crippen molar-refractivity contribution in [3.63, 3.8) is 0 Å². The largest absolute Gasteiger partial charge is 0.461 e. The van der Waals surface area contributed by atoms with Crippen molar-refractivity contribution in [2.45, 2.75) is 65.3 Å². The Bertz CT molecular complexity index is 604. The minimum atomic E-state index is -1.00. The quantitative estimate of drug-likeness (QED) is 0.794. The van der Waals surface area contributed by atoms with Crippen LogP contribution in [0.4, 0.5) is 4.39 Å². The van der Waals surface area contributed by atoms with Gasteiger partial charge < -0.3 is 9.47 Å². The Hall–Kier alpha value is -1.92. The van der Waals surface area contributed by atoms with Gasteiger partial charge in [0.25, 0.3) is 0 Å². The molecule has 1 heterocycles. The highest BCUT2D eigenvalue weighted by Crippen LogP contribution is 2.27. The lowest BCUT2D eigenvalue weighted by atomic mass is 9.94. The third-order valence-electron chi connectivity index (χ3n) is 3.45. The lowest BCUT2D eigenvalue weighted by molar-refractivity contribution is -0.155. The highest BCUT2D eigenvalue weighted by molar-refractivity contribution is 5.89. The van der Waals surface area contributed by atoms with E-state index in [2.05, 4.69) is 5.10 Å². The Balaban J connectivity index is 2.28. The zero-order valence-corrected chi connectivity index (χ0v) is 14.0. The fraction of sp³-hybridized carbons (Fsp3) is 0.688. The van der Waals surface area contributed by atoms with Gasteiger partial charge in [0.05, 0.1) is 6.61 Å². The van der Waals surface area contributed by atoms with Crippen molar-refractivity contribution in [1.82, 2.24) is 9.78 Å². The van der Waals surface area contributed by atoms with Gasteiger partial charge in [0.15, 0.2) is 5.69 Å². The van der Waals surface area contributed by atoms with E-state index in [1.54, 1.807) is 27.7 Å². The molecule has 0 amide bonds. The average Bonchev–Trinajstić information content (AvgIpc) is 2.74. The zero-order valence-electron chi connectivity index (χ0n) is 14.0. The first-order chi connectivity index (χ1) is 10.7. The van der Waals surface area contributed by atoms with Crippen LogP contribution < -0.4 is 0 Å². The second-order valence-corrected chi connectivity index (χ2v) is 6.58. The number of hydrogen-bond acceptors (Lipinski definition) is 5. The van der Waals surface area contributed by atoms with Gasteiger partial charge in [-0.2, -0.15) is 5.10 Å². The fourth-order valence-corrected chi connectivity index (χ4v) is 2.64. The first kappa shape index (κ1) is 17.4. The van der Waals surface area contributed by atoms with Crippen LogP contribution in [0.15, 0.2) is 0 Å². The molecule has 1 aliphatic rings. The Morgan fingerprint density at radius 1 is 1.39 bits per heavy atom. The summed E-state index contributed by atoms with van der Waals surface area (Å²) >= 11 is 0. The number of carbonyl (C=O) groups is 2. The van der Waals surface area contributed by atoms with Crippen molar-refractivity contribution in [2.75, 3.05) is 6.61 Å². The minimum Gasteiger partial charge on any atom is -0.461 e. The third kappa shape index (κ3) is 4.30. The number of aromatic nitrogens is 2. The van der Waals surface area contributed by atoms with E-state index in [0.717, 1.165) is 0 Å². The molecule has 0 bridgehead atoms. The van der Waals surface area contributed by atoms with Crippen LogP contribution >= 0.6 is 0 Å². The number of esters is 2. The topological polar surface area (TPSA) is 70.4 Å². The molecule has 1 aromatic heterocycles. The SMILES string of the molecule is CCOC(=O)c1nn(CC(=O)OC(C)(C)C)c2c1CC(F)CC2. The van der Waals surface area contributed by atoms with Gasteiger partial charge in [-0.1, -0.05) is 0 Å². The van der Waals surface area contributed by atoms with Crippen LogP contribution in [0.25, 0.3) is 0 Å². The maximum atomic E-state index is 13.7. The monoisotopic (exact) mass is 326 g/mol. The molecule has 6 nitrogen and oxygen atoms in total. The number of ether oxygens (including phenoxy) is 2. The number of carbonyl (C=O) groups excluding carboxylic acids is 2. The molecular formula is C16H23FN2O4. The summed E-state index contributed by atoms with van der Waals surface area (Å²) in [6.45, 7) is 7.14. The van der Waals surface area contributed by atoms with E-state index in [9.17, 15) is 14.0 Å². The fourth-order valence-electron chi connectivity index (χ4n) is 2.64. The standard InChI is InChI=1S/C16H23FN2O4/c1-5-22-15(21)14-11-8-10(17)6-7-12(11)19(18-14)9-13(20)23-16(2,3)4/h10H,5-9H2,1-4H3. The Morgan fingerprint density at radius 2 is 2.09 bits per heavy atom. The summed E-state index contributed by atoms with van der Waals surface area (Å²) in [5.74, 6) is -1.03. The molecule has 0 fully saturated rings. The lowest BCUT2D eigenvalue weighted by Crippen LogP contribution is -2.28. The van der Waals surface area contributed by atoms with Gasteiger partial charge in [-0.05, 0) is 40.5 Å². The first-order valence-electron chi connectivity index (χ1n) is 7.83. The molecule has 128 valence electrons. The second kappa shape index (κ2) is 6.68. The molecule has 2 rings (SSSR count).